The van der Waals surface area contributed by atoms with Gasteiger partial charge in [-0.15, -0.1) is 11.3 Å². The Morgan fingerprint density at radius 3 is 2.48 bits per heavy atom. The van der Waals surface area contributed by atoms with Gasteiger partial charge in [0, 0.05) is 4.88 Å². The molecular formula is C21H33N2O3S+. The van der Waals surface area contributed by atoms with Gasteiger partial charge in [0.1, 0.15) is 5.00 Å². The maximum absolute atomic E-state index is 12.8. The number of carbonyl (C=O) groups excluding carboxylic acids is 2. The molecule has 0 bridgehead atoms. The molecule has 1 heterocycles. The highest BCUT2D eigenvalue weighted by Crippen LogP contribution is 2.39. The fourth-order valence-electron chi connectivity index (χ4n) is 4.41. The SMILES string of the molecule is CC(C)OC(=O)c1c(NC(=O)C[N+](C)(C)C2CCCC2)sc2c1CCCC2. The third-order valence-electron chi connectivity index (χ3n) is 5.84. The molecule has 150 valence electrons. The van der Waals surface area contributed by atoms with E-state index in [1.165, 1.54) is 30.6 Å². The number of aryl methyl sites for hydroxylation is 1. The average Bonchev–Trinajstić information content (AvgIpc) is 3.21. The second-order valence-electron chi connectivity index (χ2n) is 8.79. The number of esters is 1. The zero-order valence-electron chi connectivity index (χ0n) is 17.1. The van der Waals surface area contributed by atoms with Crippen LogP contribution in [0.4, 0.5) is 5.00 Å². The number of fused-ring (bicyclic) bond motifs is 1. The van der Waals surface area contributed by atoms with Gasteiger partial charge in [-0.05, 0) is 70.8 Å². The minimum absolute atomic E-state index is 0.0101. The number of likely N-dealkylation sites (N-methyl/N-ethyl adjacent to an activating group) is 1. The van der Waals surface area contributed by atoms with Crippen molar-refractivity contribution in [3.8, 4) is 0 Å². The summed E-state index contributed by atoms with van der Waals surface area (Å²) in [6, 6.07) is 0.553. The summed E-state index contributed by atoms with van der Waals surface area (Å²) in [7, 11) is 4.28. The molecule has 0 atom stereocenters. The van der Waals surface area contributed by atoms with E-state index in [0.717, 1.165) is 31.2 Å². The van der Waals surface area contributed by atoms with E-state index in [0.29, 0.717) is 27.6 Å². The molecule has 1 amide bonds. The number of thiophene rings is 1. The van der Waals surface area contributed by atoms with E-state index >= 15 is 0 Å². The zero-order chi connectivity index (χ0) is 19.6. The second-order valence-corrected chi connectivity index (χ2v) is 9.90. The summed E-state index contributed by atoms with van der Waals surface area (Å²) in [5.41, 5.74) is 1.69. The Morgan fingerprint density at radius 2 is 1.81 bits per heavy atom. The first-order valence-electron chi connectivity index (χ1n) is 10.3. The highest BCUT2D eigenvalue weighted by Gasteiger charge is 2.34. The number of nitrogens with zero attached hydrogens (tertiary/aromatic N) is 1. The average molecular weight is 394 g/mol. The third-order valence-corrected chi connectivity index (χ3v) is 7.04. The molecule has 1 fully saturated rings. The number of quaternary nitrogens is 1. The number of hydrogen-bond acceptors (Lipinski definition) is 4. The summed E-state index contributed by atoms with van der Waals surface area (Å²) in [5, 5.41) is 3.75. The van der Waals surface area contributed by atoms with Crippen LogP contribution in [-0.2, 0) is 22.4 Å². The summed E-state index contributed by atoms with van der Waals surface area (Å²) >= 11 is 1.56. The van der Waals surface area contributed by atoms with Crippen LogP contribution in [-0.4, -0.2) is 49.1 Å². The van der Waals surface area contributed by atoms with Crippen LogP contribution in [0.2, 0.25) is 0 Å². The van der Waals surface area contributed by atoms with Gasteiger partial charge in [0.15, 0.2) is 6.54 Å². The second kappa shape index (κ2) is 8.31. The van der Waals surface area contributed by atoms with E-state index in [1.807, 2.05) is 13.8 Å². The largest absolute Gasteiger partial charge is 0.459 e. The van der Waals surface area contributed by atoms with E-state index < -0.39 is 0 Å². The van der Waals surface area contributed by atoms with Crippen molar-refractivity contribution in [1.29, 1.82) is 0 Å². The maximum atomic E-state index is 12.8. The van der Waals surface area contributed by atoms with Crippen LogP contribution < -0.4 is 5.32 Å². The lowest BCUT2D eigenvalue weighted by Gasteiger charge is -2.35. The smallest absolute Gasteiger partial charge is 0.341 e. The maximum Gasteiger partial charge on any atom is 0.341 e. The van der Waals surface area contributed by atoms with E-state index in [9.17, 15) is 9.59 Å². The molecule has 3 rings (SSSR count). The predicted octanol–water partition coefficient (Wildman–Crippen LogP) is 4.15. The molecule has 0 radical (unpaired) electrons. The Kier molecular flexibility index (Phi) is 6.26. The van der Waals surface area contributed by atoms with Crippen LogP contribution in [0.5, 0.6) is 0 Å². The normalized spacial score (nSPS) is 17.8. The Hall–Kier alpha value is -1.40. The number of nitrogens with one attached hydrogen (secondary N) is 1. The van der Waals surface area contributed by atoms with Gasteiger partial charge in [0.25, 0.3) is 5.91 Å². The van der Waals surface area contributed by atoms with Crippen molar-refractivity contribution in [2.75, 3.05) is 26.0 Å². The van der Waals surface area contributed by atoms with Crippen LogP contribution >= 0.6 is 11.3 Å². The quantitative estimate of drug-likeness (QED) is 0.583. The number of ether oxygens (including phenoxy) is 1. The van der Waals surface area contributed by atoms with Gasteiger partial charge in [-0.2, -0.15) is 0 Å². The van der Waals surface area contributed by atoms with E-state index in [4.69, 9.17) is 4.74 Å². The molecular weight excluding hydrogens is 360 g/mol. The van der Waals surface area contributed by atoms with Gasteiger partial charge in [0.2, 0.25) is 0 Å². The summed E-state index contributed by atoms with van der Waals surface area (Å²) in [5.74, 6) is -0.312. The minimum Gasteiger partial charge on any atom is -0.459 e. The minimum atomic E-state index is -0.302. The number of carbonyl (C=O) groups is 2. The van der Waals surface area contributed by atoms with Crippen molar-refractivity contribution >= 4 is 28.2 Å². The number of rotatable bonds is 6. The van der Waals surface area contributed by atoms with Crippen LogP contribution in [0.3, 0.4) is 0 Å². The standard InChI is InChI=1S/C21H32N2O3S/c1-14(2)26-21(25)19-16-11-7-8-12-17(16)27-20(19)22-18(24)13-23(3,4)15-9-5-6-10-15/h14-15H,5-13H2,1-4H3/p+1. The van der Waals surface area contributed by atoms with Gasteiger partial charge in [-0.3, -0.25) is 4.79 Å². The number of hydrogen-bond donors (Lipinski definition) is 1. The molecule has 1 saturated carbocycles. The fourth-order valence-corrected chi connectivity index (χ4v) is 5.71. The Balaban J connectivity index is 1.78. The van der Waals surface area contributed by atoms with Crippen molar-refractivity contribution in [3.63, 3.8) is 0 Å². The van der Waals surface area contributed by atoms with Crippen LogP contribution in [0.1, 0.15) is 73.2 Å². The lowest BCUT2D eigenvalue weighted by molar-refractivity contribution is -0.906. The molecule has 5 nitrogen and oxygen atoms in total. The van der Waals surface area contributed by atoms with Crippen molar-refractivity contribution in [2.24, 2.45) is 0 Å². The third kappa shape index (κ3) is 4.72. The number of anilines is 1. The van der Waals surface area contributed by atoms with Gasteiger partial charge in [0.05, 0.1) is 31.8 Å². The van der Waals surface area contributed by atoms with Gasteiger partial charge in [-0.1, -0.05) is 0 Å². The van der Waals surface area contributed by atoms with Crippen molar-refractivity contribution in [1.82, 2.24) is 0 Å². The molecule has 0 aliphatic heterocycles. The summed E-state index contributed by atoms with van der Waals surface area (Å²) < 4.78 is 6.19. The summed E-state index contributed by atoms with van der Waals surface area (Å²) in [6.07, 6.45) is 8.86. The molecule has 0 unspecified atom stereocenters. The van der Waals surface area contributed by atoms with Gasteiger partial charge in [-0.25, -0.2) is 4.79 Å². The summed E-state index contributed by atoms with van der Waals surface area (Å²) in [4.78, 5) is 26.8. The Bertz CT molecular complexity index is 703. The van der Waals surface area contributed by atoms with Gasteiger partial charge >= 0.3 is 5.97 Å². The predicted molar refractivity (Wildman–Crippen MR) is 109 cm³/mol. The highest BCUT2D eigenvalue weighted by molar-refractivity contribution is 7.17. The van der Waals surface area contributed by atoms with Gasteiger partial charge < -0.3 is 14.5 Å². The zero-order valence-corrected chi connectivity index (χ0v) is 17.9. The highest BCUT2D eigenvalue weighted by atomic mass is 32.1. The van der Waals surface area contributed by atoms with Crippen molar-refractivity contribution in [3.05, 3.63) is 16.0 Å². The fraction of sp³-hybridized carbons (Fsp3) is 0.714. The lowest BCUT2D eigenvalue weighted by Crippen LogP contribution is -2.51. The van der Waals surface area contributed by atoms with E-state index in [2.05, 4.69) is 19.4 Å². The van der Waals surface area contributed by atoms with Crippen molar-refractivity contribution in [2.45, 2.75) is 77.4 Å². The molecule has 0 spiro atoms. The Morgan fingerprint density at radius 1 is 1.15 bits per heavy atom. The molecule has 27 heavy (non-hydrogen) atoms. The lowest BCUT2D eigenvalue weighted by atomic mass is 9.95. The van der Waals surface area contributed by atoms with Crippen LogP contribution in [0, 0.1) is 0 Å². The topological polar surface area (TPSA) is 55.4 Å². The first kappa shape index (κ1) is 20.3. The first-order chi connectivity index (χ1) is 12.8. The molecule has 0 aromatic carbocycles. The van der Waals surface area contributed by atoms with E-state index in [-0.39, 0.29) is 18.0 Å². The molecule has 1 aromatic rings. The van der Waals surface area contributed by atoms with Crippen molar-refractivity contribution < 1.29 is 18.8 Å². The molecule has 1 aromatic heterocycles. The molecule has 6 heteroatoms. The molecule has 2 aliphatic carbocycles. The first-order valence-corrected chi connectivity index (χ1v) is 11.1. The Labute approximate surface area is 166 Å². The molecule has 2 aliphatic rings. The monoisotopic (exact) mass is 393 g/mol. The van der Waals surface area contributed by atoms with E-state index in [1.54, 1.807) is 11.3 Å². The van der Waals surface area contributed by atoms with Crippen LogP contribution in [0.25, 0.3) is 0 Å². The number of amides is 1. The molecule has 0 saturated heterocycles. The molecule has 1 N–H and O–H groups in total. The summed E-state index contributed by atoms with van der Waals surface area (Å²) in [6.45, 7) is 4.15. The van der Waals surface area contributed by atoms with Crippen LogP contribution in [0.15, 0.2) is 0 Å².